The van der Waals surface area contributed by atoms with E-state index >= 15 is 0 Å². The zero-order chi connectivity index (χ0) is 13.5. The van der Waals surface area contributed by atoms with Crippen molar-refractivity contribution in [2.24, 2.45) is 0 Å². The number of aromatic amines is 1. The third kappa shape index (κ3) is 3.99. The highest BCUT2D eigenvalue weighted by Gasteiger charge is 2.05. The first-order chi connectivity index (χ1) is 9.31. The minimum absolute atomic E-state index is 0.748. The van der Waals surface area contributed by atoms with Gasteiger partial charge in [0, 0.05) is 39.5 Å². The summed E-state index contributed by atoms with van der Waals surface area (Å²) in [6.45, 7) is 6.24. The second kappa shape index (κ2) is 7.18. The average Bonchev–Trinajstić information content (AvgIpc) is 2.78. The number of aromatic nitrogens is 3. The summed E-state index contributed by atoms with van der Waals surface area (Å²) in [6, 6.07) is 2.02. The van der Waals surface area contributed by atoms with Gasteiger partial charge in [-0.3, -0.25) is 0 Å². The lowest BCUT2D eigenvalue weighted by Gasteiger charge is -2.06. The monoisotopic (exact) mass is 263 g/mol. The molecule has 0 aromatic carbocycles. The van der Waals surface area contributed by atoms with E-state index in [4.69, 9.17) is 4.74 Å². The van der Waals surface area contributed by atoms with E-state index in [1.807, 2.05) is 13.0 Å². The first-order valence-electron chi connectivity index (χ1n) is 6.52. The van der Waals surface area contributed by atoms with Crippen LogP contribution in [0, 0.1) is 6.92 Å². The Bertz CT molecular complexity index is 511. The van der Waals surface area contributed by atoms with Crippen molar-refractivity contribution in [2.45, 2.75) is 13.5 Å². The van der Waals surface area contributed by atoms with Gasteiger partial charge in [0.15, 0.2) is 5.65 Å². The molecule has 0 spiro atoms. The van der Waals surface area contributed by atoms with Gasteiger partial charge in [-0.25, -0.2) is 9.97 Å². The molecule has 104 valence electrons. The number of ether oxygens (including phenoxy) is 1. The number of H-pyrrole nitrogens is 1. The van der Waals surface area contributed by atoms with E-state index in [0.29, 0.717) is 0 Å². The Hall–Kier alpha value is -1.50. The normalized spacial score (nSPS) is 11.3. The predicted octanol–water partition coefficient (Wildman–Crippen LogP) is 0.592. The largest absolute Gasteiger partial charge is 0.383 e. The molecule has 2 aromatic rings. The van der Waals surface area contributed by atoms with Crippen LogP contribution in [0.2, 0.25) is 0 Å². The smallest absolute Gasteiger partial charge is 0.177 e. The number of rotatable bonds is 8. The summed E-state index contributed by atoms with van der Waals surface area (Å²) >= 11 is 0. The summed E-state index contributed by atoms with van der Waals surface area (Å²) in [5.74, 6) is 0.899. The zero-order valence-corrected chi connectivity index (χ0v) is 11.5. The molecule has 0 fully saturated rings. The van der Waals surface area contributed by atoms with Gasteiger partial charge in [-0.15, -0.1) is 0 Å². The molecule has 2 rings (SSSR count). The zero-order valence-electron chi connectivity index (χ0n) is 11.5. The van der Waals surface area contributed by atoms with E-state index in [9.17, 15) is 0 Å². The van der Waals surface area contributed by atoms with Gasteiger partial charge < -0.3 is 20.4 Å². The second-order valence-electron chi connectivity index (χ2n) is 4.41. The molecule has 0 bridgehead atoms. The lowest BCUT2D eigenvalue weighted by Crippen LogP contribution is -2.29. The number of nitrogens with zero attached hydrogens (tertiary/aromatic N) is 2. The molecule has 19 heavy (non-hydrogen) atoms. The van der Waals surface area contributed by atoms with E-state index in [1.54, 1.807) is 13.3 Å². The molecule has 6 heteroatoms. The molecule has 0 aliphatic carbocycles. The highest BCUT2D eigenvalue weighted by molar-refractivity contribution is 5.74. The molecule has 0 aliphatic rings. The van der Waals surface area contributed by atoms with Crippen LogP contribution in [0.4, 0.5) is 0 Å². The number of aryl methyl sites for hydroxylation is 1. The number of methoxy groups -OCH3 is 1. The van der Waals surface area contributed by atoms with E-state index in [0.717, 1.165) is 49.8 Å². The molecule has 0 radical (unpaired) electrons. The van der Waals surface area contributed by atoms with Crippen LogP contribution in [-0.2, 0) is 11.3 Å². The fourth-order valence-corrected chi connectivity index (χ4v) is 1.92. The van der Waals surface area contributed by atoms with Gasteiger partial charge in [-0.1, -0.05) is 0 Å². The molecule has 0 aliphatic heterocycles. The molecule has 6 nitrogen and oxygen atoms in total. The minimum Gasteiger partial charge on any atom is -0.383 e. The molecule has 0 saturated heterocycles. The summed E-state index contributed by atoms with van der Waals surface area (Å²) in [5, 5.41) is 6.69. The maximum absolute atomic E-state index is 4.97. The summed E-state index contributed by atoms with van der Waals surface area (Å²) < 4.78 is 4.97. The van der Waals surface area contributed by atoms with Crippen molar-refractivity contribution < 1.29 is 4.74 Å². The van der Waals surface area contributed by atoms with Crippen molar-refractivity contribution in [3.8, 4) is 0 Å². The Kier molecular flexibility index (Phi) is 5.26. The van der Waals surface area contributed by atoms with Crippen molar-refractivity contribution in [2.75, 3.05) is 33.4 Å². The third-order valence-corrected chi connectivity index (χ3v) is 2.87. The molecular formula is C13H21N5O. The first-order valence-corrected chi connectivity index (χ1v) is 6.52. The van der Waals surface area contributed by atoms with Crippen LogP contribution in [0.15, 0.2) is 12.3 Å². The van der Waals surface area contributed by atoms with Crippen molar-refractivity contribution >= 4 is 11.2 Å². The topological polar surface area (TPSA) is 74.9 Å². The molecule has 2 aromatic heterocycles. The van der Waals surface area contributed by atoms with E-state index < -0.39 is 0 Å². The lowest BCUT2D eigenvalue weighted by atomic mass is 10.2. The van der Waals surface area contributed by atoms with E-state index in [2.05, 4.69) is 25.6 Å². The number of imidazole rings is 1. The fraction of sp³-hybridized carbons (Fsp3) is 0.538. The van der Waals surface area contributed by atoms with Crippen LogP contribution in [0.1, 0.15) is 11.4 Å². The number of hydrogen-bond donors (Lipinski definition) is 3. The highest BCUT2D eigenvalue weighted by Crippen LogP contribution is 2.13. The molecule has 0 atom stereocenters. The van der Waals surface area contributed by atoms with Crippen molar-refractivity contribution in [1.29, 1.82) is 0 Å². The summed E-state index contributed by atoms with van der Waals surface area (Å²) in [5.41, 5.74) is 3.01. The maximum Gasteiger partial charge on any atom is 0.177 e. The van der Waals surface area contributed by atoms with Crippen molar-refractivity contribution in [3.05, 3.63) is 23.7 Å². The SMILES string of the molecule is COCCNCCNCc1ccnc2nc(C)[nH]c12. The first kappa shape index (κ1) is 13.9. The second-order valence-corrected chi connectivity index (χ2v) is 4.41. The maximum atomic E-state index is 4.97. The van der Waals surface area contributed by atoms with E-state index in [-0.39, 0.29) is 0 Å². The van der Waals surface area contributed by atoms with Crippen LogP contribution in [0.5, 0.6) is 0 Å². The van der Waals surface area contributed by atoms with Gasteiger partial charge in [0.05, 0.1) is 12.1 Å². The summed E-state index contributed by atoms with van der Waals surface area (Å²) in [4.78, 5) is 11.8. The van der Waals surface area contributed by atoms with Gasteiger partial charge in [0.2, 0.25) is 0 Å². The number of nitrogens with one attached hydrogen (secondary N) is 3. The summed E-state index contributed by atoms with van der Waals surface area (Å²) in [7, 11) is 1.71. The third-order valence-electron chi connectivity index (χ3n) is 2.87. The van der Waals surface area contributed by atoms with Gasteiger partial charge in [-0.2, -0.15) is 0 Å². The van der Waals surface area contributed by atoms with Crippen molar-refractivity contribution in [1.82, 2.24) is 25.6 Å². The Morgan fingerprint density at radius 3 is 2.95 bits per heavy atom. The van der Waals surface area contributed by atoms with Crippen LogP contribution in [0.3, 0.4) is 0 Å². The average molecular weight is 263 g/mol. The summed E-state index contributed by atoms with van der Waals surface area (Å²) in [6.07, 6.45) is 1.80. The predicted molar refractivity (Wildman–Crippen MR) is 75.1 cm³/mol. The molecule has 0 unspecified atom stereocenters. The van der Waals surface area contributed by atoms with Gasteiger partial charge in [0.1, 0.15) is 5.82 Å². The van der Waals surface area contributed by atoms with Crippen molar-refractivity contribution in [3.63, 3.8) is 0 Å². The van der Waals surface area contributed by atoms with Gasteiger partial charge >= 0.3 is 0 Å². The van der Waals surface area contributed by atoms with Crippen LogP contribution >= 0.6 is 0 Å². The standard InChI is InChI=1S/C13H21N5O/c1-10-17-12-11(3-4-16-13(12)18-10)9-15-6-5-14-7-8-19-2/h3-4,14-15H,5-9H2,1-2H3,(H,16,17,18). The highest BCUT2D eigenvalue weighted by atomic mass is 16.5. The lowest BCUT2D eigenvalue weighted by molar-refractivity contribution is 0.199. The number of fused-ring (bicyclic) bond motifs is 1. The molecule has 0 amide bonds. The van der Waals surface area contributed by atoms with Gasteiger partial charge in [0.25, 0.3) is 0 Å². The van der Waals surface area contributed by atoms with Crippen LogP contribution in [-0.4, -0.2) is 48.3 Å². The Labute approximate surface area is 113 Å². The quantitative estimate of drug-likeness (QED) is 0.608. The Balaban J connectivity index is 1.78. The number of hydrogen-bond acceptors (Lipinski definition) is 5. The van der Waals surface area contributed by atoms with E-state index in [1.165, 1.54) is 5.56 Å². The van der Waals surface area contributed by atoms with Crippen LogP contribution < -0.4 is 10.6 Å². The molecule has 3 N–H and O–H groups in total. The minimum atomic E-state index is 0.748. The Morgan fingerprint density at radius 1 is 1.26 bits per heavy atom. The molecule has 0 saturated carbocycles. The fourth-order valence-electron chi connectivity index (χ4n) is 1.92. The van der Waals surface area contributed by atoms with Crippen LogP contribution in [0.25, 0.3) is 11.2 Å². The Morgan fingerprint density at radius 2 is 2.11 bits per heavy atom. The molecular weight excluding hydrogens is 242 g/mol. The van der Waals surface area contributed by atoms with Gasteiger partial charge in [-0.05, 0) is 18.6 Å². The number of pyridine rings is 1. The molecule has 2 heterocycles.